The third kappa shape index (κ3) is 3.93. The van der Waals surface area contributed by atoms with Gasteiger partial charge in [-0.3, -0.25) is 14.7 Å². The zero-order valence-electron chi connectivity index (χ0n) is 16.2. The Hall–Kier alpha value is -2.70. The van der Waals surface area contributed by atoms with E-state index in [2.05, 4.69) is 20.5 Å². The van der Waals surface area contributed by atoms with Crippen molar-refractivity contribution in [1.29, 1.82) is 0 Å². The molecule has 2 fully saturated rings. The fourth-order valence-electron chi connectivity index (χ4n) is 4.38. The summed E-state index contributed by atoms with van der Waals surface area (Å²) < 4.78 is 0. The van der Waals surface area contributed by atoms with Crippen LogP contribution in [0.1, 0.15) is 66.6 Å². The van der Waals surface area contributed by atoms with Gasteiger partial charge in [0, 0.05) is 24.1 Å². The summed E-state index contributed by atoms with van der Waals surface area (Å²) >= 11 is 0. The number of amides is 2. The van der Waals surface area contributed by atoms with Gasteiger partial charge in [0.1, 0.15) is 5.82 Å². The topological polar surface area (TPSA) is 91.0 Å². The number of aromatic amines is 1. The molecule has 2 N–H and O–H groups in total. The molecule has 1 aromatic heterocycles. The largest absolute Gasteiger partial charge is 0.347 e. The van der Waals surface area contributed by atoms with Crippen molar-refractivity contribution in [3.05, 3.63) is 47.5 Å². The molecular formula is C21H27N5O2. The van der Waals surface area contributed by atoms with Crippen LogP contribution in [0, 0.1) is 12.8 Å². The average Bonchev–Trinajstić information content (AvgIpc) is 3.35. The van der Waals surface area contributed by atoms with Gasteiger partial charge in [-0.2, -0.15) is 5.10 Å². The number of aromatic nitrogens is 3. The number of hydrogen-bond donors (Lipinski definition) is 2. The van der Waals surface area contributed by atoms with E-state index in [4.69, 9.17) is 0 Å². The van der Waals surface area contributed by atoms with Crippen LogP contribution < -0.4 is 5.32 Å². The minimum atomic E-state index is -0.194. The van der Waals surface area contributed by atoms with Crippen LogP contribution in [-0.2, 0) is 4.79 Å². The van der Waals surface area contributed by atoms with Gasteiger partial charge in [-0.25, -0.2) is 4.98 Å². The molecule has 7 heteroatoms. The van der Waals surface area contributed by atoms with Crippen LogP contribution in [-0.4, -0.2) is 44.5 Å². The molecule has 0 radical (unpaired) electrons. The number of carbonyl (C=O) groups excluding carboxylic acids is 2. The molecule has 1 aliphatic carbocycles. The van der Waals surface area contributed by atoms with Gasteiger partial charge in [0.2, 0.25) is 5.91 Å². The first-order chi connectivity index (χ1) is 13.6. The summed E-state index contributed by atoms with van der Waals surface area (Å²) in [6, 6.07) is 8.88. The lowest BCUT2D eigenvalue weighted by molar-refractivity contribution is -0.137. The molecule has 28 heavy (non-hydrogen) atoms. The molecule has 2 aliphatic rings. The highest BCUT2D eigenvalue weighted by molar-refractivity contribution is 5.94. The first-order valence-corrected chi connectivity index (χ1v) is 10.2. The van der Waals surface area contributed by atoms with Crippen molar-refractivity contribution in [2.24, 2.45) is 5.92 Å². The third-order valence-electron chi connectivity index (χ3n) is 5.82. The summed E-state index contributed by atoms with van der Waals surface area (Å²) in [4.78, 5) is 32.2. The summed E-state index contributed by atoms with van der Waals surface area (Å²) in [6.45, 7) is 2.36. The van der Waals surface area contributed by atoms with E-state index in [1.165, 1.54) is 6.42 Å². The molecule has 4 rings (SSSR count). The second-order valence-corrected chi connectivity index (χ2v) is 7.89. The van der Waals surface area contributed by atoms with Crippen molar-refractivity contribution in [1.82, 2.24) is 25.4 Å². The lowest BCUT2D eigenvalue weighted by atomic mass is 9.88. The maximum Gasteiger partial charge on any atom is 0.251 e. The molecule has 1 saturated heterocycles. The predicted molar refractivity (Wildman–Crippen MR) is 104 cm³/mol. The predicted octanol–water partition coefficient (Wildman–Crippen LogP) is 2.77. The average molecular weight is 381 g/mol. The highest BCUT2D eigenvalue weighted by Crippen LogP contribution is 2.34. The van der Waals surface area contributed by atoms with Crippen LogP contribution in [0.25, 0.3) is 0 Å². The first-order valence-electron chi connectivity index (χ1n) is 10.2. The number of aryl methyl sites for hydroxylation is 1. The smallest absolute Gasteiger partial charge is 0.251 e. The Balaban J connectivity index is 1.51. The van der Waals surface area contributed by atoms with E-state index in [0.717, 1.165) is 31.5 Å². The van der Waals surface area contributed by atoms with E-state index in [1.54, 1.807) is 12.1 Å². The van der Waals surface area contributed by atoms with Crippen molar-refractivity contribution in [3.63, 3.8) is 0 Å². The Morgan fingerprint density at radius 2 is 1.89 bits per heavy atom. The normalized spacial score (nSPS) is 23.0. The number of rotatable bonds is 4. The number of H-pyrrole nitrogens is 1. The Bertz CT molecular complexity index is 828. The summed E-state index contributed by atoms with van der Waals surface area (Å²) in [7, 11) is 0. The van der Waals surface area contributed by atoms with Gasteiger partial charge in [0.25, 0.3) is 5.91 Å². The fraction of sp³-hybridized carbons (Fsp3) is 0.524. The molecule has 2 atom stereocenters. The van der Waals surface area contributed by atoms with Gasteiger partial charge in [-0.05, 0) is 38.3 Å². The molecule has 1 aromatic carbocycles. The van der Waals surface area contributed by atoms with Gasteiger partial charge >= 0.3 is 0 Å². The molecule has 7 nitrogen and oxygen atoms in total. The second kappa shape index (κ2) is 8.12. The third-order valence-corrected chi connectivity index (χ3v) is 5.82. The van der Waals surface area contributed by atoms with Gasteiger partial charge in [-0.15, -0.1) is 0 Å². The Kier molecular flexibility index (Phi) is 5.41. The van der Waals surface area contributed by atoms with Crippen LogP contribution >= 0.6 is 0 Å². The standard InChI is InChI=1S/C21H27N5O2/c1-14-22-19(25-24-14)18-12-17(23-20(27)15-8-4-2-5-9-15)13-26(18)21(28)16-10-6-3-7-11-16/h2,4-5,8-9,16-18H,3,6-7,10-13H2,1H3,(H,23,27)(H,22,24,25). The van der Waals surface area contributed by atoms with E-state index in [1.807, 2.05) is 30.0 Å². The Morgan fingerprint density at radius 1 is 1.14 bits per heavy atom. The van der Waals surface area contributed by atoms with Gasteiger partial charge in [0.15, 0.2) is 5.82 Å². The van der Waals surface area contributed by atoms with Crippen molar-refractivity contribution < 1.29 is 9.59 Å². The minimum absolute atomic E-state index is 0.0832. The highest BCUT2D eigenvalue weighted by atomic mass is 16.2. The molecule has 2 unspecified atom stereocenters. The highest BCUT2D eigenvalue weighted by Gasteiger charge is 2.41. The van der Waals surface area contributed by atoms with Gasteiger partial charge in [0.05, 0.1) is 6.04 Å². The molecule has 1 saturated carbocycles. The molecule has 2 heterocycles. The molecule has 0 bridgehead atoms. The summed E-state index contributed by atoms with van der Waals surface area (Å²) in [5.74, 6) is 1.53. The molecule has 0 spiro atoms. The molecule has 2 aromatic rings. The number of hydrogen-bond acceptors (Lipinski definition) is 4. The van der Waals surface area contributed by atoms with Crippen LogP contribution in [0.5, 0.6) is 0 Å². The van der Waals surface area contributed by atoms with E-state index in [-0.39, 0.29) is 29.8 Å². The van der Waals surface area contributed by atoms with Crippen molar-refractivity contribution in [2.75, 3.05) is 6.54 Å². The molecule has 2 amide bonds. The van der Waals surface area contributed by atoms with Crippen LogP contribution in [0.2, 0.25) is 0 Å². The second-order valence-electron chi connectivity index (χ2n) is 7.89. The number of benzene rings is 1. The van der Waals surface area contributed by atoms with Crippen LogP contribution in [0.4, 0.5) is 0 Å². The van der Waals surface area contributed by atoms with E-state index < -0.39 is 0 Å². The maximum atomic E-state index is 13.2. The monoisotopic (exact) mass is 381 g/mol. The fourth-order valence-corrected chi connectivity index (χ4v) is 4.38. The minimum Gasteiger partial charge on any atom is -0.347 e. The van der Waals surface area contributed by atoms with Gasteiger partial charge < -0.3 is 10.2 Å². The zero-order valence-corrected chi connectivity index (χ0v) is 16.2. The summed E-state index contributed by atoms with van der Waals surface area (Å²) in [5, 5.41) is 10.3. The quantitative estimate of drug-likeness (QED) is 0.852. The Morgan fingerprint density at radius 3 is 2.57 bits per heavy atom. The van der Waals surface area contributed by atoms with Crippen LogP contribution in [0.15, 0.2) is 30.3 Å². The zero-order chi connectivity index (χ0) is 19.5. The number of likely N-dealkylation sites (tertiary alicyclic amines) is 1. The van der Waals surface area contributed by atoms with E-state index >= 15 is 0 Å². The van der Waals surface area contributed by atoms with Crippen molar-refractivity contribution in [3.8, 4) is 0 Å². The summed E-state index contributed by atoms with van der Waals surface area (Å²) in [6.07, 6.45) is 5.98. The van der Waals surface area contributed by atoms with Crippen molar-refractivity contribution in [2.45, 2.75) is 57.5 Å². The molecular weight excluding hydrogens is 354 g/mol. The number of carbonyl (C=O) groups is 2. The molecule has 148 valence electrons. The van der Waals surface area contributed by atoms with Crippen molar-refractivity contribution >= 4 is 11.8 Å². The van der Waals surface area contributed by atoms with E-state index in [0.29, 0.717) is 24.4 Å². The van der Waals surface area contributed by atoms with Gasteiger partial charge in [-0.1, -0.05) is 37.5 Å². The maximum absolute atomic E-state index is 13.2. The Labute approximate surface area is 164 Å². The first kappa shape index (κ1) is 18.7. The number of nitrogens with zero attached hydrogens (tertiary/aromatic N) is 3. The molecule has 1 aliphatic heterocycles. The lowest BCUT2D eigenvalue weighted by Crippen LogP contribution is -2.41. The SMILES string of the molecule is Cc1nc(C2CC(NC(=O)c3ccccc3)CN2C(=O)C2CCCCC2)n[nH]1. The van der Waals surface area contributed by atoms with Crippen LogP contribution in [0.3, 0.4) is 0 Å². The van der Waals surface area contributed by atoms with E-state index in [9.17, 15) is 9.59 Å². The summed E-state index contributed by atoms with van der Waals surface area (Å²) in [5.41, 5.74) is 0.629. The lowest BCUT2D eigenvalue weighted by Gasteiger charge is -2.29. The number of nitrogens with one attached hydrogen (secondary N) is 2.